The highest BCUT2D eigenvalue weighted by Crippen LogP contribution is 2.38. The number of sulfone groups is 1. The Kier molecular flexibility index (Phi) is 5.51. The Morgan fingerprint density at radius 3 is 2.61 bits per heavy atom. The predicted molar refractivity (Wildman–Crippen MR) is 118 cm³/mol. The number of carbonyl (C=O) groups excluding carboxylic acids is 2. The van der Waals surface area contributed by atoms with E-state index in [2.05, 4.69) is 5.32 Å². The van der Waals surface area contributed by atoms with E-state index >= 15 is 0 Å². The van der Waals surface area contributed by atoms with Crippen LogP contribution in [0.1, 0.15) is 45.9 Å². The fourth-order valence-electron chi connectivity index (χ4n) is 4.08. The maximum Gasteiger partial charge on any atom is 0.257 e. The number of methoxy groups -OCH3 is 1. The number of nitrogens with zero attached hydrogens (tertiary/aromatic N) is 1. The molecule has 1 aliphatic carbocycles. The molecule has 164 valence electrons. The minimum atomic E-state index is -3.38. The molecule has 2 aromatic carbocycles. The predicted octanol–water partition coefficient (Wildman–Crippen LogP) is 3.09. The van der Waals surface area contributed by atoms with Crippen molar-refractivity contribution in [3.05, 3.63) is 58.7 Å². The number of hydrogen-bond donors (Lipinski definition) is 1. The van der Waals surface area contributed by atoms with Gasteiger partial charge in [0, 0.05) is 18.7 Å². The highest BCUT2D eigenvalue weighted by molar-refractivity contribution is 7.90. The third kappa shape index (κ3) is 4.44. The van der Waals surface area contributed by atoms with Crippen LogP contribution in [0.4, 0.5) is 5.69 Å². The van der Waals surface area contributed by atoms with E-state index in [0.29, 0.717) is 17.0 Å². The summed E-state index contributed by atoms with van der Waals surface area (Å²) >= 11 is 0. The van der Waals surface area contributed by atoms with E-state index in [0.717, 1.165) is 29.5 Å². The molecule has 1 unspecified atom stereocenters. The molecule has 2 aromatic rings. The zero-order valence-corrected chi connectivity index (χ0v) is 18.7. The second-order valence-electron chi connectivity index (χ2n) is 8.37. The zero-order chi connectivity index (χ0) is 22.3. The first-order valence-electron chi connectivity index (χ1n) is 10.2. The van der Waals surface area contributed by atoms with Crippen LogP contribution in [0, 0.1) is 12.8 Å². The average molecular weight is 443 g/mol. The summed E-state index contributed by atoms with van der Waals surface area (Å²) in [4.78, 5) is 27.3. The van der Waals surface area contributed by atoms with Crippen LogP contribution in [0.3, 0.4) is 0 Å². The summed E-state index contributed by atoms with van der Waals surface area (Å²) in [5.74, 6) is 0.177. The van der Waals surface area contributed by atoms with Crippen LogP contribution in [0.25, 0.3) is 0 Å². The van der Waals surface area contributed by atoms with Gasteiger partial charge in [-0.1, -0.05) is 24.3 Å². The van der Waals surface area contributed by atoms with Crippen LogP contribution in [0.15, 0.2) is 36.4 Å². The minimum Gasteiger partial charge on any atom is -0.496 e. The van der Waals surface area contributed by atoms with Crippen LogP contribution < -0.4 is 10.1 Å². The van der Waals surface area contributed by atoms with E-state index < -0.39 is 15.9 Å². The molecule has 0 spiro atoms. The minimum absolute atomic E-state index is 0.0173. The fourth-order valence-corrected chi connectivity index (χ4v) is 5.03. The van der Waals surface area contributed by atoms with Crippen LogP contribution >= 0.6 is 0 Å². The fraction of sp³-hybridized carbons (Fsp3) is 0.391. The standard InChI is InChI=1S/C23H26N2O5S/c1-14-11-16(9-10-20(14)30-2)19(13-31(3,28)29)25-12-17-5-4-6-18(21(17)23(25)27)24-22(26)15-7-8-15/h4-6,9-11,15,19H,7-8,12-13H2,1-3H3,(H,24,26). The lowest BCUT2D eigenvalue weighted by atomic mass is 10.0. The highest BCUT2D eigenvalue weighted by Gasteiger charge is 2.38. The van der Waals surface area contributed by atoms with Gasteiger partial charge in [-0.3, -0.25) is 9.59 Å². The number of aryl methyl sites for hydroxylation is 1. The summed E-state index contributed by atoms with van der Waals surface area (Å²) in [5, 5.41) is 2.89. The van der Waals surface area contributed by atoms with E-state index in [1.165, 1.54) is 6.26 Å². The molecule has 4 rings (SSSR count). The Balaban J connectivity index is 1.69. The molecular weight excluding hydrogens is 416 g/mol. The van der Waals surface area contributed by atoms with Gasteiger partial charge in [0.25, 0.3) is 5.91 Å². The summed E-state index contributed by atoms with van der Waals surface area (Å²) in [6.07, 6.45) is 2.91. The van der Waals surface area contributed by atoms with Crippen molar-refractivity contribution in [1.29, 1.82) is 0 Å². The van der Waals surface area contributed by atoms with Gasteiger partial charge >= 0.3 is 0 Å². The van der Waals surface area contributed by atoms with Gasteiger partial charge in [-0.05, 0) is 48.6 Å². The first-order chi connectivity index (χ1) is 14.7. The average Bonchev–Trinajstić information content (AvgIpc) is 3.50. The summed E-state index contributed by atoms with van der Waals surface area (Å²) in [5.41, 5.74) is 3.31. The number of fused-ring (bicyclic) bond motifs is 1. The molecule has 0 bridgehead atoms. The topological polar surface area (TPSA) is 92.8 Å². The van der Waals surface area contributed by atoms with Crippen molar-refractivity contribution in [3.63, 3.8) is 0 Å². The smallest absolute Gasteiger partial charge is 0.257 e. The zero-order valence-electron chi connectivity index (χ0n) is 17.8. The lowest BCUT2D eigenvalue weighted by Gasteiger charge is -2.28. The second-order valence-corrected chi connectivity index (χ2v) is 10.6. The van der Waals surface area contributed by atoms with Gasteiger partial charge < -0.3 is 15.0 Å². The van der Waals surface area contributed by atoms with Gasteiger partial charge in [-0.15, -0.1) is 0 Å². The van der Waals surface area contributed by atoms with Crippen molar-refractivity contribution in [2.45, 2.75) is 32.4 Å². The molecule has 0 radical (unpaired) electrons. The molecule has 2 amide bonds. The van der Waals surface area contributed by atoms with Crippen LogP contribution in [-0.4, -0.2) is 44.3 Å². The van der Waals surface area contributed by atoms with E-state index in [9.17, 15) is 18.0 Å². The Labute approximate surface area is 182 Å². The Hall–Kier alpha value is -2.87. The quantitative estimate of drug-likeness (QED) is 0.711. The second kappa shape index (κ2) is 8.00. The van der Waals surface area contributed by atoms with Crippen molar-refractivity contribution < 1.29 is 22.7 Å². The number of rotatable bonds is 7. The number of ether oxygens (including phenoxy) is 1. The molecule has 2 aliphatic rings. The first kappa shape index (κ1) is 21.4. The molecule has 7 nitrogen and oxygen atoms in total. The molecule has 31 heavy (non-hydrogen) atoms. The normalized spacial score (nSPS) is 16.7. The molecule has 8 heteroatoms. The number of hydrogen-bond acceptors (Lipinski definition) is 5. The van der Waals surface area contributed by atoms with Gasteiger partial charge in [0.1, 0.15) is 15.6 Å². The number of benzene rings is 2. The van der Waals surface area contributed by atoms with Gasteiger partial charge in [-0.25, -0.2) is 8.42 Å². The molecule has 1 fully saturated rings. The maximum atomic E-state index is 13.4. The molecule has 1 N–H and O–H groups in total. The molecular formula is C23H26N2O5S. The molecule has 1 aliphatic heterocycles. The van der Waals surface area contributed by atoms with E-state index in [1.807, 2.05) is 19.1 Å². The summed E-state index contributed by atoms with van der Waals surface area (Å²) in [6, 6.07) is 10.2. The van der Waals surface area contributed by atoms with Crippen LogP contribution in [0.2, 0.25) is 0 Å². The monoisotopic (exact) mass is 442 g/mol. The van der Waals surface area contributed by atoms with E-state index in [4.69, 9.17) is 4.74 Å². The summed E-state index contributed by atoms with van der Waals surface area (Å²) in [7, 11) is -1.80. The van der Waals surface area contributed by atoms with Crippen LogP contribution in [-0.2, 0) is 21.2 Å². The number of anilines is 1. The van der Waals surface area contributed by atoms with E-state index in [1.54, 1.807) is 36.3 Å². The van der Waals surface area contributed by atoms with Gasteiger partial charge in [0.15, 0.2) is 0 Å². The van der Waals surface area contributed by atoms with Crippen LogP contribution in [0.5, 0.6) is 5.75 Å². The van der Waals surface area contributed by atoms with E-state index in [-0.39, 0.29) is 30.0 Å². The Morgan fingerprint density at radius 1 is 1.26 bits per heavy atom. The summed E-state index contributed by atoms with van der Waals surface area (Å²) < 4.78 is 29.8. The first-order valence-corrected chi connectivity index (χ1v) is 12.3. The summed E-state index contributed by atoms with van der Waals surface area (Å²) in [6.45, 7) is 2.17. The lowest BCUT2D eigenvalue weighted by Crippen LogP contribution is -2.34. The Morgan fingerprint density at radius 2 is 2.00 bits per heavy atom. The largest absolute Gasteiger partial charge is 0.496 e. The Bertz CT molecular complexity index is 1150. The third-order valence-electron chi connectivity index (χ3n) is 5.81. The molecule has 1 saturated carbocycles. The van der Waals surface area contributed by atoms with Gasteiger partial charge in [0.05, 0.1) is 30.2 Å². The van der Waals surface area contributed by atoms with Crippen molar-refractivity contribution in [1.82, 2.24) is 4.90 Å². The van der Waals surface area contributed by atoms with Crippen molar-refractivity contribution in [2.75, 3.05) is 24.4 Å². The highest BCUT2D eigenvalue weighted by atomic mass is 32.2. The molecule has 0 saturated heterocycles. The van der Waals surface area contributed by atoms with Gasteiger partial charge in [0.2, 0.25) is 5.91 Å². The molecule has 0 aromatic heterocycles. The lowest BCUT2D eigenvalue weighted by molar-refractivity contribution is -0.117. The van der Waals surface area contributed by atoms with Gasteiger partial charge in [-0.2, -0.15) is 0 Å². The molecule has 1 atom stereocenters. The SMILES string of the molecule is COc1ccc(C(CS(C)(=O)=O)N2Cc3cccc(NC(=O)C4CC4)c3C2=O)cc1C. The van der Waals surface area contributed by atoms with Crippen molar-refractivity contribution in [3.8, 4) is 5.75 Å². The van der Waals surface area contributed by atoms with Crippen molar-refractivity contribution in [2.24, 2.45) is 5.92 Å². The number of amides is 2. The number of carbonyl (C=O) groups is 2. The number of nitrogens with one attached hydrogen (secondary N) is 1. The third-order valence-corrected chi connectivity index (χ3v) is 6.73. The molecule has 1 heterocycles. The van der Waals surface area contributed by atoms with Crippen molar-refractivity contribution >= 4 is 27.3 Å². The maximum absolute atomic E-state index is 13.4.